The van der Waals surface area contributed by atoms with Gasteiger partial charge in [0.1, 0.15) is 5.82 Å². The molecule has 0 spiro atoms. The molecule has 0 aromatic carbocycles. The lowest BCUT2D eigenvalue weighted by molar-refractivity contribution is -0.135. The number of hydrogen-bond donors (Lipinski definition) is 2. The van der Waals surface area contributed by atoms with E-state index in [0.29, 0.717) is 30.6 Å². The Bertz CT molecular complexity index is 668. The summed E-state index contributed by atoms with van der Waals surface area (Å²) in [5.74, 6) is 1.56. The molecule has 0 aliphatic carbocycles. The normalized spacial score (nSPS) is 22.6. The van der Waals surface area contributed by atoms with Gasteiger partial charge in [0.05, 0.1) is 5.92 Å². The molecule has 2 amide bonds. The number of aryl methyl sites for hydroxylation is 1. The molecule has 3 atom stereocenters. The van der Waals surface area contributed by atoms with Crippen molar-refractivity contribution < 1.29 is 9.59 Å². The molecule has 2 aliphatic heterocycles. The Morgan fingerprint density at radius 3 is 2.76 bits per heavy atom. The van der Waals surface area contributed by atoms with Crippen LogP contribution in [0.5, 0.6) is 0 Å². The highest BCUT2D eigenvalue weighted by atomic mass is 35.5. The Morgan fingerprint density at radius 1 is 1.28 bits per heavy atom. The van der Waals surface area contributed by atoms with Gasteiger partial charge in [-0.15, -0.1) is 24.8 Å². The van der Waals surface area contributed by atoms with Crippen LogP contribution in [0, 0.1) is 24.7 Å². The minimum Gasteiger partial charge on any atom is -0.342 e. The first-order valence-corrected chi connectivity index (χ1v) is 10.3. The van der Waals surface area contributed by atoms with Crippen LogP contribution in [-0.2, 0) is 9.59 Å². The van der Waals surface area contributed by atoms with Gasteiger partial charge in [0, 0.05) is 25.2 Å². The summed E-state index contributed by atoms with van der Waals surface area (Å²) >= 11 is 0. The molecule has 2 N–H and O–H groups in total. The Hall–Kier alpha value is -1.37. The Kier molecular flexibility index (Phi) is 10.9. The number of rotatable bonds is 5. The smallest absolute Gasteiger partial charge is 0.230 e. The summed E-state index contributed by atoms with van der Waals surface area (Å²) in [5, 5.41) is 6.34. The summed E-state index contributed by atoms with van der Waals surface area (Å²) in [4.78, 5) is 31.6. The summed E-state index contributed by atoms with van der Waals surface area (Å²) in [7, 11) is 0. The number of likely N-dealkylation sites (tertiary alicyclic amines) is 1. The molecule has 2 saturated heterocycles. The number of nitrogens with zero attached hydrogens (tertiary/aromatic N) is 2. The zero-order valence-electron chi connectivity index (χ0n) is 17.4. The number of piperidine rings is 2. The third kappa shape index (κ3) is 7.43. The lowest BCUT2D eigenvalue weighted by Gasteiger charge is -2.34. The van der Waals surface area contributed by atoms with Crippen LogP contribution < -0.4 is 10.6 Å². The molecular weight excluding hydrogens is 411 g/mol. The molecule has 2 aliphatic rings. The Balaban J connectivity index is 0.00000210. The van der Waals surface area contributed by atoms with Crippen molar-refractivity contribution in [2.45, 2.75) is 46.0 Å². The van der Waals surface area contributed by atoms with Crippen LogP contribution in [0.15, 0.2) is 18.2 Å². The number of aromatic nitrogens is 1. The van der Waals surface area contributed by atoms with Gasteiger partial charge in [0.25, 0.3) is 0 Å². The van der Waals surface area contributed by atoms with Gasteiger partial charge >= 0.3 is 0 Å². The van der Waals surface area contributed by atoms with Crippen LogP contribution >= 0.6 is 24.8 Å². The first kappa shape index (κ1) is 25.7. The standard InChI is InChI=1S/C21H32N4O2.2ClH/c1-15(17-7-4-10-22-13-17)12-20(26)25-11-5-8-18(14-25)21(27)24-19-9-3-6-16(2)23-19;;/h3,6,9,15,17-18,22H,4-5,7-8,10-14H2,1-2H3,(H,23,24,27);2*1H. The molecule has 1 aromatic heterocycles. The van der Waals surface area contributed by atoms with Gasteiger partial charge < -0.3 is 15.5 Å². The van der Waals surface area contributed by atoms with E-state index in [1.54, 1.807) is 6.07 Å². The number of halogens is 2. The van der Waals surface area contributed by atoms with E-state index < -0.39 is 0 Å². The van der Waals surface area contributed by atoms with Crippen LogP contribution in [0.25, 0.3) is 0 Å². The van der Waals surface area contributed by atoms with Crippen LogP contribution in [-0.4, -0.2) is 47.9 Å². The number of carbonyl (C=O) groups excluding carboxylic acids is 2. The van der Waals surface area contributed by atoms with Crippen molar-refractivity contribution in [3.8, 4) is 0 Å². The molecule has 3 unspecified atom stereocenters. The van der Waals surface area contributed by atoms with Crippen LogP contribution in [0.4, 0.5) is 5.82 Å². The Morgan fingerprint density at radius 2 is 2.07 bits per heavy atom. The van der Waals surface area contributed by atoms with E-state index in [-0.39, 0.29) is 42.5 Å². The number of nitrogens with one attached hydrogen (secondary N) is 2. The van der Waals surface area contributed by atoms with Crippen molar-refractivity contribution in [3.05, 3.63) is 23.9 Å². The monoisotopic (exact) mass is 444 g/mol. The van der Waals surface area contributed by atoms with Gasteiger partial charge in [0.15, 0.2) is 0 Å². The van der Waals surface area contributed by atoms with Gasteiger partial charge in [-0.3, -0.25) is 9.59 Å². The highest BCUT2D eigenvalue weighted by Gasteiger charge is 2.30. The third-order valence-electron chi connectivity index (χ3n) is 5.92. The van der Waals surface area contributed by atoms with E-state index in [4.69, 9.17) is 0 Å². The number of amides is 2. The molecular formula is C21H34Cl2N4O2. The minimum atomic E-state index is -0.156. The molecule has 0 saturated carbocycles. The summed E-state index contributed by atoms with van der Waals surface area (Å²) < 4.78 is 0. The maximum absolute atomic E-state index is 12.8. The van der Waals surface area contributed by atoms with Gasteiger partial charge in [-0.25, -0.2) is 4.98 Å². The van der Waals surface area contributed by atoms with Crippen molar-refractivity contribution in [2.24, 2.45) is 17.8 Å². The Labute approximate surface area is 186 Å². The van der Waals surface area contributed by atoms with Gasteiger partial charge in [-0.05, 0) is 69.7 Å². The summed E-state index contributed by atoms with van der Waals surface area (Å²) in [6, 6.07) is 5.59. The fourth-order valence-corrected chi connectivity index (χ4v) is 4.19. The number of anilines is 1. The predicted molar refractivity (Wildman–Crippen MR) is 121 cm³/mol. The highest BCUT2D eigenvalue weighted by Crippen LogP contribution is 2.25. The summed E-state index contributed by atoms with van der Waals surface area (Å²) in [6.45, 7) is 7.48. The fourth-order valence-electron chi connectivity index (χ4n) is 4.19. The molecule has 3 rings (SSSR count). The van der Waals surface area contributed by atoms with Gasteiger partial charge in [0.2, 0.25) is 11.8 Å². The van der Waals surface area contributed by atoms with E-state index in [2.05, 4.69) is 22.5 Å². The second-order valence-corrected chi connectivity index (χ2v) is 8.12. The largest absolute Gasteiger partial charge is 0.342 e. The van der Waals surface area contributed by atoms with E-state index >= 15 is 0 Å². The zero-order chi connectivity index (χ0) is 19.2. The van der Waals surface area contributed by atoms with Crippen LogP contribution in [0.1, 0.15) is 44.7 Å². The quantitative estimate of drug-likeness (QED) is 0.728. The third-order valence-corrected chi connectivity index (χ3v) is 5.92. The van der Waals surface area contributed by atoms with Crippen molar-refractivity contribution >= 4 is 42.4 Å². The molecule has 1 aromatic rings. The lowest BCUT2D eigenvalue weighted by atomic mass is 9.85. The second kappa shape index (κ2) is 12.4. The maximum Gasteiger partial charge on any atom is 0.230 e. The van der Waals surface area contributed by atoms with E-state index in [9.17, 15) is 9.59 Å². The van der Waals surface area contributed by atoms with Crippen molar-refractivity contribution in [3.63, 3.8) is 0 Å². The van der Waals surface area contributed by atoms with Gasteiger partial charge in [-0.1, -0.05) is 13.0 Å². The highest BCUT2D eigenvalue weighted by molar-refractivity contribution is 5.92. The lowest BCUT2D eigenvalue weighted by Crippen LogP contribution is -2.45. The van der Waals surface area contributed by atoms with E-state index in [0.717, 1.165) is 38.2 Å². The average Bonchev–Trinajstić information content (AvgIpc) is 2.68. The molecule has 8 heteroatoms. The van der Waals surface area contributed by atoms with Gasteiger partial charge in [-0.2, -0.15) is 0 Å². The van der Waals surface area contributed by atoms with Crippen molar-refractivity contribution in [1.82, 2.24) is 15.2 Å². The molecule has 29 heavy (non-hydrogen) atoms. The van der Waals surface area contributed by atoms with Crippen LogP contribution in [0.2, 0.25) is 0 Å². The molecule has 6 nitrogen and oxygen atoms in total. The first-order chi connectivity index (χ1) is 13.0. The maximum atomic E-state index is 12.8. The number of pyridine rings is 1. The SMILES string of the molecule is Cc1cccc(NC(=O)C2CCCN(C(=O)CC(C)C3CCCNC3)C2)n1.Cl.Cl. The van der Waals surface area contributed by atoms with Crippen LogP contribution in [0.3, 0.4) is 0 Å². The molecule has 2 fully saturated rings. The average molecular weight is 445 g/mol. The topological polar surface area (TPSA) is 74.3 Å². The summed E-state index contributed by atoms with van der Waals surface area (Å²) in [6.07, 6.45) is 4.69. The van der Waals surface area contributed by atoms with E-state index in [1.807, 2.05) is 24.0 Å². The second-order valence-electron chi connectivity index (χ2n) is 8.12. The van der Waals surface area contributed by atoms with Crippen molar-refractivity contribution in [1.29, 1.82) is 0 Å². The number of hydrogen-bond acceptors (Lipinski definition) is 4. The summed E-state index contributed by atoms with van der Waals surface area (Å²) in [5.41, 5.74) is 0.874. The molecule has 0 bridgehead atoms. The number of carbonyl (C=O) groups is 2. The van der Waals surface area contributed by atoms with E-state index in [1.165, 1.54) is 12.8 Å². The molecule has 3 heterocycles. The van der Waals surface area contributed by atoms with Crippen molar-refractivity contribution in [2.75, 3.05) is 31.5 Å². The predicted octanol–water partition coefficient (Wildman–Crippen LogP) is 3.44. The molecule has 0 radical (unpaired) electrons. The molecule has 164 valence electrons. The zero-order valence-corrected chi connectivity index (χ0v) is 19.0. The fraction of sp³-hybridized carbons (Fsp3) is 0.667. The minimum absolute atomic E-state index is 0. The first-order valence-electron chi connectivity index (χ1n) is 10.3.